The van der Waals surface area contributed by atoms with E-state index in [1.165, 1.54) is 12.4 Å². The SMILES string of the molecule is COc1ccc(C(C)(N)c2ccncc2F)cc1. The minimum atomic E-state index is -0.903. The normalized spacial score (nSPS) is 14.0. The van der Waals surface area contributed by atoms with Gasteiger partial charge in [0.2, 0.25) is 0 Å². The van der Waals surface area contributed by atoms with Crippen LogP contribution in [0.2, 0.25) is 0 Å². The average Bonchev–Trinajstić information content (AvgIpc) is 2.39. The van der Waals surface area contributed by atoms with Gasteiger partial charge in [-0.15, -0.1) is 0 Å². The molecule has 18 heavy (non-hydrogen) atoms. The zero-order valence-corrected chi connectivity index (χ0v) is 10.4. The molecule has 2 N–H and O–H groups in total. The molecule has 0 aliphatic rings. The fourth-order valence-corrected chi connectivity index (χ4v) is 1.89. The second kappa shape index (κ2) is 4.74. The smallest absolute Gasteiger partial charge is 0.146 e. The monoisotopic (exact) mass is 246 g/mol. The van der Waals surface area contributed by atoms with E-state index in [0.29, 0.717) is 5.56 Å². The van der Waals surface area contributed by atoms with Gasteiger partial charge in [-0.05, 0) is 30.7 Å². The van der Waals surface area contributed by atoms with Crippen molar-refractivity contribution in [2.45, 2.75) is 12.5 Å². The molecular weight excluding hydrogens is 231 g/mol. The van der Waals surface area contributed by atoms with Crippen molar-refractivity contribution < 1.29 is 9.13 Å². The molecule has 94 valence electrons. The number of aromatic nitrogens is 1. The van der Waals surface area contributed by atoms with E-state index in [-0.39, 0.29) is 0 Å². The molecule has 0 bridgehead atoms. The molecule has 0 saturated heterocycles. The van der Waals surface area contributed by atoms with E-state index in [1.807, 2.05) is 12.1 Å². The molecule has 0 radical (unpaired) electrons. The number of nitrogens with zero attached hydrogens (tertiary/aromatic N) is 1. The van der Waals surface area contributed by atoms with E-state index < -0.39 is 11.4 Å². The predicted octanol–water partition coefficient (Wildman–Crippen LogP) is 2.45. The molecule has 0 fully saturated rings. The Hall–Kier alpha value is -1.94. The van der Waals surface area contributed by atoms with Gasteiger partial charge < -0.3 is 10.5 Å². The lowest BCUT2D eigenvalue weighted by Gasteiger charge is -2.26. The summed E-state index contributed by atoms with van der Waals surface area (Å²) in [5.41, 5.74) is 6.57. The second-order valence-corrected chi connectivity index (χ2v) is 4.29. The highest BCUT2D eigenvalue weighted by atomic mass is 19.1. The van der Waals surface area contributed by atoms with Crippen LogP contribution in [0.15, 0.2) is 42.7 Å². The molecule has 0 amide bonds. The van der Waals surface area contributed by atoms with Crippen LogP contribution >= 0.6 is 0 Å². The quantitative estimate of drug-likeness (QED) is 0.905. The first-order chi connectivity index (χ1) is 8.55. The lowest BCUT2D eigenvalue weighted by molar-refractivity contribution is 0.414. The Morgan fingerprint density at radius 1 is 1.22 bits per heavy atom. The van der Waals surface area contributed by atoms with Crippen molar-refractivity contribution in [3.05, 3.63) is 59.7 Å². The van der Waals surface area contributed by atoms with Crippen LogP contribution in [-0.4, -0.2) is 12.1 Å². The zero-order valence-electron chi connectivity index (χ0n) is 10.4. The summed E-state index contributed by atoms with van der Waals surface area (Å²) in [5.74, 6) is 0.336. The van der Waals surface area contributed by atoms with Crippen LogP contribution < -0.4 is 10.5 Å². The molecule has 3 nitrogen and oxygen atoms in total. The fraction of sp³-hybridized carbons (Fsp3) is 0.214. The van der Waals surface area contributed by atoms with Crippen LogP contribution in [-0.2, 0) is 5.54 Å². The molecule has 0 spiro atoms. The summed E-state index contributed by atoms with van der Waals surface area (Å²) >= 11 is 0. The number of nitrogens with two attached hydrogens (primary N) is 1. The van der Waals surface area contributed by atoms with Crippen molar-refractivity contribution in [2.75, 3.05) is 7.11 Å². The number of hydrogen-bond acceptors (Lipinski definition) is 3. The fourth-order valence-electron chi connectivity index (χ4n) is 1.89. The molecule has 1 atom stereocenters. The molecular formula is C14H15FN2O. The molecule has 0 aliphatic carbocycles. The van der Waals surface area contributed by atoms with Crippen LogP contribution in [0.4, 0.5) is 4.39 Å². The van der Waals surface area contributed by atoms with Crippen molar-refractivity contribution in [1.29, 1.82) is 0 Å². The summed E-state index contributed by atoms with van der Waals surface area (Å²) in [6, 6.07) is 8.87. The second-order valence-electron chi connectivity index (χ2n) is 4.29. The third kappa shape index (κ3) is 2.19. The van der Waals surface area contributed by atoms with Gasteiger partial charge in [-0.3, -0.25) is 4.98 Å². The predicted molar refractivity (Wildman–Crippen MR) is 67.8 cm³/mol. The number of methoxy groups -OCH3 is 1. The van der Waals surface area contributed by atoms with Gasteiger partial charge in [0.15, 0.2) is 0 Å². The number of pyridine rings is 1. The van der Waals surface area contributed by atoms with E-state index in [9.17, 15) is 4.39 Å². The number of ether oxygens (including phenoxy) is 1. The molecule has 1 heterocycles. The topological polar surface area (TPSA) is 48.1 Å². The third-order valence-electron chi connectivity index (χ3n) is 3.02. The van der Waals surface area contributed by atoms with E-state index in [4.69, 9.17) is 10.5 Å². The van der Waals surface area contributed by atoms with Crippen LogP contribution in [0.5, 0.6) is 5.75 Å². The molecule has 0 aliphatic heterocycles. The molecule has 4 heteroatoms. The largest absolute Gasteiger partial charge is 0.497 e. The van der Waals surface area contributed by atoms with E-state index in [0.717, 1.165) is 11.3 Å². The lowest BCUT2D eigenvalue weighted by Crippen LogP contribution is -2.35. The first kappa shape index (κ1) is 12.5. The maximum Gasteiger partial charge on any atom is 0.146 e. The summed E-state index contributed by atoms with van der Waals surface area (Å²) in [4.78, 5) is 3.73. The Morgan fingerprint density at radius 3 is 2.44 bits per heavy atom. The Labute approximate surface area is 105 Å². The van der Waals surface area contributed by atoms with Crippen LogP contribution in [0.3, 0.4) is 0 Å². The summed E-state index contributed by atoms with van der Waals surface area (Å²) in [6.45, 7) is 1.77. The van der Waals surface area contributed by atoms with Gasteiger partial charge in [-0.2, -0.15) is 0 Å². The number of hydrogen-bond donors (Lipinski definition) is 1. The number of benzene rings is 1. The molecule has 2 aromatic rings. The maximum absolute atomic E-state index is 13.7. The number of rotatable bonds is 3. The minimum Gasteiger partial charge on any atom is -0.497 e. The maximum atomic E-state index is 13.7. The van der Waals surface area contributed by atoms with Crippen molar-refractivity contribution in [3.8, 4) is 5.75 Å². The highest BCUT2D eigenvalue weighted by Crippen LogP contribution is 2.29. The highest BCUT2D eigenvalue weighted by Gasteiger charge is 2.26. The van der Waals surface area contributed by atoms with Gasteiger partial charge >= 0.3 is 0 Å². The summed E-state index contributed by atoms with van der Waals surface area (Å²) < 4.78 is 18.8. The first-order valence-electron chi connectivity index (χ1n) is 5.59. The van der Waals surface area contributed by atoms with Gasteiger partial charge in [0.25, 0.3) is 0 Å². The Balaban J connectivity index is 2.44. The van der Waals surface area contributed by atoms with E-state index in [1.54, 1.807) is 32.2 Å². The molecule has 1 unspecified atom stereocenters. The van der Waals surface area contributed by atoms with Gasteiger partial charge in [-0.1, -0.05) is 12.1 Å². The summed E-state index contributed by atoms with van der Waals surface area (Å²) in [5, 5.41) is 0. The summed E-state index contributed by atoms with van der Waals surface area (Å²) in [7, 11) is 1.60. The summed E-state index contributed by atoms with van der Waals surface area (Å²) in [6.07, 6.45) is 2.71. The third-order valence-corrected chi connectivity index (χ3v) is 3.02. The molecule has 2 rings (SSSR count). The molecule has 1 aromatic heterocycles. The van der Waals surface area contributed by atoms with Gasteiger partial charge in [-0.25, -0.2) is 4.39 Å². The number of halogens is 1. The van der Waals surface area contributed by atoms with Gasteiger partial charge in [0.1, 0.15) is 11.6 Å². The van der Waals surface area contributed by atoms with E-state index in [2.05, 4.69) is 4.98 Å². The standard InChI is InChI=1S/C14H15FN2O/c1-14(16,12-7-8-17-9-13(12)15)10-3-5-11(18-2)6-4-10/h3-9H,16H2,1-2H3. The van der Waals surface area contributed by atoms with Crippen LogP contribution in [0.1, 0.15) is 18.1 Å². The van der Waals surface area contributed by atoms with Crippen molar-refractivity contribution >= 4 is 0 Å². The Kier molecular flexibility index (Phi) is 3.30. The average molecular weight is 246 g/mol. The van der Waals surface area contributed by atoms with Crippen LogP contribution in [0, 0.1) is 5.82 Å². The van der Waals surface area contributed by atoms with Crippen molar-refractivity contribution in [3.63, 3.8) is 0 Å². The molecule has 0 saturated carbocycles. The van der Waals surface area contributed by atoms with E-state index >= 15 is 0 Å². The Bertz CT molecular complexity index is 538. The highest BCUT2D eigenvalue weighted by molar-refractivity contribution is 5.39. The minimum absolute atomic E-state index is 0.404. The van der Waals surface area contributed by atoms with Crippen LogP contribution in [0.25, 0.3) is 0 Å². The first-order valence-corrected chi connectivity index (χ1v) is 5.59. The lowest BCUT2D eigenvalue weighted by atomic mass is 9.86. The van der Waals surface area contributed by atoms with Gasteiger partial charge in [0.05, 0.1) is 18.8 Å². The van der Waals surface area contributed by atoms with Crippen molar-refractivity contribution in [2.24, 2.45) is 5.73 Å². The zero-order chi connectivity index (χ0) is 13.2. The van der Waals surface area contributed by atoms with Crippen molar-refractivity contribution in [1.82, 2.24) is 4.98 Å². The van der Waals surface area contributed by atoms with Gasteiger partial charge in [0, 0.05) is 11.8 Å². The molecule has 1 aromatic carbocycles. The Morgan fingerprint density at radius 2 is 1.89 bits per heavy atom.